The summed E-state index contributed by atoms with van der Waals surface area (Å²) in [6.07, 6.45) is 1.48. The van der Waals surface area contributed by atoms with Crippen LogP contribution in [0.3, 0.4) is 0 Å². The Balaban J connectivity index is 1.84. The van der Waals surface area contributed by atoms with Gasteiger partial charge in [-0.1, -0.05) is 12.1 Å². The van der Waals surface area contributed by atoms with E-state index in [4.69, 9.17) is 5.73 Å². The first-order valence-electron chi connectivity index (χ1n) is 6.49. The van der Waals surface area contributed by atoms with Crippen molar-refractivity contribution in [3.8, 4) is 0 Å². The zero-order valence-corrected chi connectivity index (χ0v) is 10.9. The standard InChI is InChI=1S/C14H15N3O3/c15-10-3-1-9(2-4-10)14(5-6-14)13(20)17-7-11(18)16-12(19)8-17/h1-4H,5-8,15H2,(H,16,18,19). The van der Waals surface area contributed by atoms with Crippen molar-refractivity contribution >= 4 is 23.4 Å². The number of nitrogens with two attached hydrogens (primary N) is 1. The van der Waals surface area contributed by atoms with E-state index in [1.807, 2.05) is 12.1 Å². The number of carbonyl (C=O) groups excluding carboxylic acids is 3. The SMILES string of the molecule is Nc1ccc(C2(C(=O)N3CC(=O)NC(=O)C3)CC2)cc1. The van der Waals surface area contributed by atoms with Gasteiger partial charge in [-0.2, -0.15) is 0 Å². The molecule has 3 N–H and O–H groups in total. The molecule has 20 heavy (non-hydrogen) atoms. The molecule has 1 saturated carbocycles. The number of imide groups is 1. The zero-order valence-electron chi connectivity index (χ0n) is 10.9. The fourth-order valence-corrected chi connectivity index (χ4v) is 2.64. The lowest BCUT2D eigenvalue weighted by molar-refractivity contribution is -0.146. The number of amides is 3. The van der Waals surface area contributed by atoms with E-state index in [1.165, 1.54) is 4.90 Å². The van der Waals surface area contributed by atoms with Crippen molar-refractivity contribution in [3.63, 3.8) is 0 Å². The zero-order chi connectivity index (χ0) is 14.3. The number of carbonyl (C=O) groups is 3. The Bertz CT molecular complexity index is 574. The van der Waals surface area contributed by atoms with E-state index >= 15 is 0 Å². The monoisotopic (exact) mass is 273 g/mol. The third-order valence-corrected chi connectivity index (χ3v) is 3.86. The molecule has 3 amide bonds. The van der Waals surface area contributed by atoms with Gasteiger partial charge in [-0.25, -0.2) is 0 Å². The second-order valence-electron chi connectivity index (χ2n) is 5.34. The minimum Gasteiger partial charge on any atom is -0.399 e. The summed E-state index contributed by atoms with van der Waals surface area (Å²) in [4.78, 5) is 36.7. The van der Waals surface area contributed by atoms with Crippen LogP contribution in [0, 0.1) is 0 Å². The number of nitrogens with zero attached hydrogens (tertiary/aromatic N) is 1. The van der Waals surface area contributed by atoms with Gasteiger partial charge in [-0.05, 0) is 30.5 Å². The maximum Gasteiger partial charge on any atom is 0.246 e. The van der Waals surface area contributed by atoms with Gasteiger partial charge in [0.25, 0.3) is 0 Å². The van der Waals surface area contributed by atoms with Gasteiger partial charge in [0.2, 0.25) is 17.7 Å². The number of nitrogen functional groups attached to an aromatic ring is 1. The Kier molecular flexibility index (Phi) is 2.74. The van der Waals surface area contributed by atoms with Crippen LogP contribution in [0.25, 0.3) is 0 Å². The van der Waals surface area contributed by atoms with Gasteiger partial charge in [-0.3, -0.25) is 19.7 Å². The van der Waals surface area contributed by atoms with Crippen molar-refractivity contribution in [1.82, 2.24) is 10.2 Å². The van der Waals surface area contributed by atoms with Crippen LogP contribution in [0.1, 0.15) is 18.4 Å². The Morgan fingerprint density at radius 1 is 1.10 bits per heavy atom. The summed E-state index contributed by atoms with van der Waals surface area (Å²) >= 11 is 0. The molecule has 3 rings (SSSR count). The molecule has 0 atom stereocenters. The van der Waals surface area contributed by atoms with Crippen LogP contribution in [-0.2, 0) is 19.8 Å². The quantitative estimate of drug-likeness (QED) is 0.576. The maximum absolute atomic E-state index is 12.6. The fraction of sp³-hybridized carbons (Fsp3) is 0.357. The lowest BCUT2D eigenvalue weighted by Crippen LogP contribution is -2.55. The minimum absolute atomic E-state index is 0.0543. The Labute approximate surface area is 115 Å². The van der Waals surface area contributed by atoms with Crippen molar-refractivity contribution in [2.75, 3.05) is 18.8 Å². The molecule has 1 heterocycles. The van der Waals surface area contributed by atoms with Gasteiger partial charge in [0.05, 0.1) is 5.41 Å². The second kappa shape index (κ2) is 4.33. The highest BCUT2D eigenvalue weighted by atomic mass is 16.2. The summed E-state index contributed by atoms with van der Waals surface area (Å²) in [5.41, 5.74) is 6.62. The smallest absolute Gasteiger partial charge is 0.246 e. The summed E-state index contributed by atoms with van der Waals surface area (Å²) in [5, 5.41) is 2.19. The molecule has 0 aromatic heterocycles. The summed E-state index contributed by atoms with van der Waals surface area (Å²) in [7, 11) is 0. The van der Waals surface area contributed by atoms with Crippen molar-refractivity contribution in [2.24, 2.45) is 0 Å². The molecular formula is C14H15N3O3. The number of nitrogens with one attached hydrogen (secondary N) is 1. The Hall–Kier alpha value is -2.37. The van der Waals surface area contributed by atoms with Crippen LogP contribution in [0.15, 0.2) is 24.3 Å². The summed E-state index contributed by atoms with van der Waals surface area (Å²) in [6.45, 7) is -0.109. The van der Waals surface area contributed by atoms with E-state index in [9.17, 15) is 14.4 Å². The molecule has 0 bridgehead atoms. The van der Waals surface area contributed by atoms with Crippen LogP contribution in [0.5, 0.6) is 0 Å². The van der Waals surface area contributed by atoms with Gasteiger partial charge in [0.15, 0.2) is 0 Å². The minimum atomic E-state index is -0.578. The summed E-state index contributed by atoms with van der Waals surface area (Å²) in [6, 6.07) is 7.20. The number of anilines is 1. The van der Waals surface area contributed by atoms with Crippen LogP contribution in [0.2, 0.25) is 0 Å². The molecule has 6 nitrogen and oxygen atoms in total. The van der Waals surface area contributed by atoms with Gasteiger partial charge in [0.1, 0.15) is 13.1 Å². The van der Waals surface area contributed by atoms with Gasteiger partial charge >= 0.3 is 0 Å². The van der Waals surface area contributed by atoms with Crippen molar-refractivity contribution in [2.45, 2.75) is 18.3 Å². The molecule has 6 heteroatoms. The van der Waals surface area contributed by atoms with E-state index in [0.29, 0.717) is 5.69 Å². The highest BCUT2D eigenvalue weighted by molar-refractivity contribution is 6.04. The second-order valence-corrected chi connectivity index (χ2v) is 5.34. The molecule has 104 valence electrons. The average Bonchev–Trinajstić information content (AvgIpc) is 3.19. The Morgan fingerprint density at radius 2 is 1.65 bits per heavy atom. The number of hydrogen-bond donors (Lipinski definition) is 2. The molecule has 2 fully saturated rings. The lowest BCUT2D eigenvalue weighted by atomic mass is 9.94. The summed E-state index contributed by atoms with van der Waals surface area (Å²) in [5.74, 6) is -1.00. The molecule has 1 aromatic carbocycles. The largest absolute Gasteiger partial charge is 0.399 e. The third kappa shape index (κ3) is 2.03. The molecule has 0 spiro atoms. The first-order chi connectivity index (χ1) is 9.51. The highest BCUT2D eigenvalue weighted by Gasteiger charge is 2.53. The first kappa shape index (κ1) is 12.7. The average molecular weight is 273 g/mol. The molecule has 0 radical (unpaired) electrons. The van der Waals surface area contributed by atoms with E-state index < -0.39 is 17.2 Å². The van der Waals surface area contributed by atoms with Crippen LogP contribution in [-0.4, -0.2) is 35.7 Å². The van der Waals surface area contributed by atoms with Gasteiger partial charge in [-0.15, -0.1) is 0 Å². The van der Waals surface area contributed by atoms with E-state index in [2.05, 4.69) is 5.32 Å². The molecule has 0 unspecified atom stereocenters. The number of hydrogen-bond acceptors (Lipinski definition) is 4. The number of rotatable bonds is 2. The number of piperazine rings is 1. The fourth-order valence-electron chi connectivity index (χ4n) is 2.64. The lowest BCUT2D eigenvalue weighted by Gasteiger charge is -2.29. The maximum atomic E-state index is 12.6. The molecular weight excluding hydrogens is 258 g/mol. The third-order valence-electron chi connectivity index (χ3n) is 3.86. The predicted octanol–water partition coefficient (Wildman–Crippen LogP) is -0.215. The van der Waals surface area contributed by atoms with Crippen LogP contribution < -0.4 is 11.1 Å². The predicted molar refractivity (Wildman–Crippen MR) is 71.5 cm³/mol. The molecule has 1 saturated heterocycles. The van der Waals surface area contributed by atoms with Gasteiger partial charge in [0, 0.05) is 5.69 Å². The molecule has 2 aliphatic rings. The van der Waals surface area contributed by atoms with Crippen molar-refractivity contribution in [1.29, 1.82) is 0 Å². The van der Waals surface area contributed by atoms with E-state index in [0.717, 1.165) is 18.4 Å². The molecule has 1 aromatic rings. The number of benzene rings is 1. The van der Waals surface area contributed by atoms with E-state index in [-0.39, 0.29) is 19.0 Å². The topological polar surface area (TPSA) is 92.5 Å². The van der Waals surface area contributed by atoms with E-state index in [1.54, 1.807) is 12.1 Å². The van der Waals surface area contributed by atoms with Crippen molar-refractivity contribution < 1.29 is 14.4 Å². The summed E-state index contributed by atoms with van der Waals surface area (Å²) < 4.78 is 0. The Morgan fingerprint density at radius 3 is 2.15 bits per heavy atom. The highest BCUT2D eigenvalue weighted by Crippen LogP contribution is 2.49. The normalized spacial score (nSPS) is 20.5. The van der Waals surface area contributed by atoms with Crippen molar-refractivity contribution in [3.05, 3.63) is 29.8 Å². The molecule has 1 aliphatic heterocycles. The van der Waals surface area contributed by atoms with Gasteiger partial charge < -0.3 is 10.6 Å². The molecule has 1 aliphatic carbocycles. The first-order valence-corrected chi connectivity index (χ1v) is 6.49. The van der Waals surface area contributed by atoms with Crippen LogP contribution >= 0.6 is 0 Å². The van der Waals surface area contributed by atoms with Crippen LogP contribution in [0.4, 0.5) is 5.69 Å².